The van der Waals surface area contributed by atoms with Crippen molar-refractivity contribution >= 4 is 5.91 Å². The van der Waals surface area contributed by atoms with Crippen molar-refractivity contribution in [2.24, 2.45) is 7.05 Å². The lowest BCUT2D eigenvalue weighted by molar-refractivity contribution is 0.0784. The van der Waals surface area contributed by atoms with Crippen molar-refractivity contribution in [3.05, 3.63) is 54.0 Å². The lowest BCUT2D eigenvalue weighted by Crippen LogP contribution is -2.29. The summed E-state index contributed by atoms with van der Waals surface area (Å²) < 4.78 is 2.06. The summed E-state index contributed by atoms with van der Waals surface area (Å²) in [6, 6.07) is 5.57. The average molecular weight is 336 g/mol. The second-order valence-corrected chi connectivity index (χ2v) is 6.50. The Kier molecular flexibility index (Phi) is 3.83. The quantitative estimate of drug-likeness (QED) is 0.795. The second-order valence-electron chi connectivity index (χ2n) is 6.50. The van der Waals surface area contributed by atoms with Crippen LogP contribution >= 0.6 is 0 Å². The first-order chi connectivity index (χ1) is 12.1. The molecule has 128 valence electrons. The Balaban J connectivity index is 1.49. The van der Waals surface area contributed by atoms with E-state index in [4.69, 9.17) is 0 Å². The molecule has 0 aromatic carbocycles. The van der Waals surface area contributed by atoms with E-state index in [9.17, 15) is 4.79 Å². The van der Waals surface area contributed by atoms with Crippen molar-refractivity contribution in [2.45, 2.75) is 19.3 Å². The van der Waals surface area contributed by atoms with Crippen LogP contribution in [0.5, 0.6) is 0 Å². The summed E-state index contributed by atoms with van der Waals surface area (Å²) in [5.41, 5.74) is 3.14. The Morgan fingerprint density at radius 3 is 3.00 bits per heavy atom. The first-order valence-electron chi connectivity index (χ1n) is 8.37. The van der Waals surface area contributed by atoms with Crippen molar-refractivity contribution < 1.29 is 4.79 Å². The van der Waals surface area contributed by atoms with Crippen LogP contribution in [0.25, 0.3) is 11.3 Å². The standard InChI is InChI=1S/C18H20N6O/c1-12-10-23(2)17(20-12)14-5-7-24(11-14)18(25)16-8-15(21-22-16)13-4-3-6-19-9-13/h3-4,6,8-10,14H,5,7,11H2,1-2H3,(H,21,22)/t14-/m1/s1. The summed E-state index contributed by atoms with van der Waals surface area (Å²) in [4.78, 5) is 23.3. The molecule has 3 aromatic heterocycles. The normalized spacial score (nSPS) is 17.2. The van der Waals surface area contributed by atoms with Crippen molar-refractivity contribution in [1.29, 1.82) is 0 Å². The fourth-order valence-electron chi connectivity index (χ4n) is 3.43. The van der Waals surface area contributed by atoms with Gasteiger partial charge in [-0.3, -0.25) is 14.9 Å². The summed E-state index contributed by atoms with van der Waals surface area (Å²) in [7, 11) is 2.01. The van der Waals surface area contributed by atoms with Gasteiger partial charge in [0.05, 0.1) is 11.4 Å². The molecule has 1 aliphatic heterocycles. The number of H-pyrrole nitrogens is 1. The molecule has 25 heavy (non-hydrogen) atoms. The number of nitrogens with one attached hydrogen (secondary N) is 1. The van der Waals surface area contributed by atoms with E-state index in [1.54, 1.807) is 18.5 Å². The molecule has 1 atom stereocenters. The fraction of sp³-hybridized carbons (Fsp3) is 0.333. The summed E-state index contributed by atoms with van der Waals surface area (Å²) in [5.74, 6) is 1.31. The molecule has 0 aliphatic carbocycles. The van der Waals surface area contributed by atoms with Gasteiger partial charge in [-0.25, -0.2) is 4.98 Å². The zero-order valence-electron chi connectivity index (χ0n) is 14.3. The number of aryl methyl sites for hydroxylation is 2. The van der Waals surface area contributed by atoms with Crippen LogP contribution in [0, 0.1) is 6.92 Å². The third kappa shape index (κ3) is 2.93. The number of aromatic amines is 1. The van der Waals surface area contributed by atoms with Crippen LogP contribution in [0.15, 0.2) is 36.8 Å². The summed E-state index contributed by atoms with van der Waals surface area (Å²) >= 11 is 0. The van der Waals surface area contributed by atoms with E-state index < -0.39 is 0 Å². The molecular weight excluding hydrogens is 316 g/mol. The number of aromatic nitrogens is 5. The molecule has 4 heterocycles. The van der Waals surface area contributed by atoms with E-state index in [1.807, 2.05) is 37.2 Å². The van der Waals surface area contributed by atoms with Crippen molar-refractivity contribution in [2.75, 3.05) is 13.1 Å². The monoisotopic (exact) mass is 336 g/mol. The van der Waals surface area contributed by atoms with E-state index >= 15 is 0 Å². The highest BCUT2D eigenvalue weighted by Crippen LogP contribution is 2.27. The molecule has 1 fully saturated rings. The molecule has 0 radical (unpaired) electrons. The predicted molar refractivity (Wildman–Crippen MR) is 93.0 cm³/mol. The largest absolute Gasteiger partial charge is 0.337 e. The lowest BCUT2D eigenvalue weighted by Gasteiger charge is -2.15. The number of carbonyl (C=O) groups excluding carboxylic acids is 1. The molecule has 0 bridgehead atoms. The topological polar surface area (TPSA) is 79.7 Å². The summed E-state index contributed by atoms with van der Waals surface area (Å²) in [6.45, 7) is 3.41. The van der Waals surface area contributed by atoms with Crippen LogP contribution < -0.4 is 0 Å². The van der Waals surface area contributed by atoms with Crippen molar-refractivity contribution in [3.8, 4) is 11.3 Å². The SMILES string of the molecule is Cc1cn(C)c([C@@H]2CCN(C(=O)c3cc(-c4cccnc4)n[nH]3)C2)n1. The Morgan fingerprint density at radius 1 is 1.40 bits per heavy atom. The molecular formula is C18H20N6O. The van der Waals surface area contributed by atoms with Gasteiger partial charge in [-0.05, 0) is 31.5 Å². The van der Waals surface area contributed by atoms with Crippen LogP contribution in [-0.2, 0) is 7.05 Å². The molecule has 1 aliphatic rings. The van der Waals surface area contributed by atoms with Gasteiger partial charge in [0.25, 0.3) is 5.91 Å². The summed E-state index contributed by atoms with van der Waals surface area (Å²) in [6.07, 6.45) is 6.40. The van der Waals surface area contributed by atoms with Gasteiger partial charge in [0, 0.05) is 50.2 Å². The first-order valence-corrected chi connectivity index (χ1v) is 8.37. The molecule has 0 spiro atoms. The van der Waals surface area contributed by atoms with Gasteiger partial charge in [-0.15, -0.1) is 0 Å². The minimum Gasteiger partial charge on any atom is -0.337 e. The fourth-order valence-corrected chi connectivity index (χ4v) is 3.43. The average Bonchev–Trinajstić information content (AvgIpc) is 3.34. The Hall–Kier alpha value is -2.96. The van der Waals surface area contributed by atoms with Crippen LogP contribution in [0.1, 0.15) is 34.3 Å². The van der Waals surface area contributed by atoms with Crippen LogP contribution in [0.4, 0.5) is 0 Å². The minimum atomic E-state index is -0.0175. The number of imidazole rings is 1. The third-order valence-corrected chi connectivity index (χ3v) is 4.64. The zero-order chi connectivity index (χ0) is 17.4. The maximum atomic E-state index is 12.8. The molecule has 4 rings (SSSR count). The van der Waals surface area contributed by atoms with Crippen LogP contribution in [0.3, 0.4) is 0 Å². The van der Waals surface area contributed by atoms with Crippen LogP contribution in [0.2, 0.25) is 0 Å². The molecule has 1 saturated heterocycles. The van der Waals surface area contributed by atoms with Gasteiger partial charge in [0.2, 0.25) is 0 Å². The molecule has 1 N–H and O–H groups in total. The number of nitrogens with zero attached hydrogens (tertiary/aromatic N) is 5. The number of carbonyl (C=O) groups is 1. The number of rotatable bonds is 3. The minimum absolute atomic E-state index is 0.0175. The number of hydrogen-bond donors (Lipinski definition) is 1. The van der Waals surface area contributed by atoms with Crippen LogP contribution in [-0.4, -0.2) is 48.6 Å². The smallest absolute Gasteiger partial charge is 0.271 e. The maximum Gasteiger partial charge on any atom is 0.271 e. The maximum absolute atomic E-state index is 12.8. The van der Waals surface area contributed by atoms with E-state index in [0.29, 0.717) is 12.2 Å². The first kappa shape index (κ1) is 15.6. The van der Waals surface area contributed by atoms with Gasteiger partial charge in [0.15, 0.2) is 0 Å². The van der Waals surface area contributed by atoms with E-state index in [2.05, 4.69) is 24.7 Å². The molecule has 0 unspecified atom stereocenters. The number of hydrogen-bond acceptors (Lipinski definition) is 4. The van der Waals surface area contributed by atoms with Gasteiger partial charge >= 0.3 is 0 Å². The van der Waals surface area contributed by atoms with E-state index in [-0.39, 0.29) is 11.8 Å². The predicted octanol–water partition coefficient (Wildman–Crippen LogP) is 2.14. The highest BCUT2D eigenvalue weighted by atomic mass is 16.2. The number of likely N-dealkylation sites (tertiary alicyclic amines) is 1. The van der Waals surface area contributed by atoms with Crippen molar-refractivity contribution in [1.82, 2.24) is 29.6 Å². The van der Waals surface area contributed by atoms with Gasteiger partial charge < -0.3 is 9.47 Å². The third-order valence-electron chi connectivity index (χ3n) is 4.64. The Morgan fingerprint density at radius 2 is 2.28 bits per heavy atom. The summed E-state index contributed by atoms with van der Waals surface area (Å²) in [5, 5.41) is 7.11. The zero-order valence-corrected chi connectivity index (χ0v) is 14.3. The molecule has 0 saturated carbocycles. The highest BCUT2D eigenvalue weighted by molar-refractivity contribution is 5.93. The highest BCUT2D eigenvalue weighted by Gasteiger charge is 2.31. The lowest BCUT2D eigenvalue weighted by atomic mass is 10.1. The molecule has 3 aromatic rings. The second kappa shape index (κ2) is 6.16. The van der Waals surface area contributed by atoms with Gasteiger partial charge in [-0.2, -0.15) is 5.10 Å². The van der Waals surface area contributed by atoms with Gasteiger partial charge in [0.1, 0.15) is 11.5 Å². The number of pyridine rings is 1. The van der Waals surface area contributed by atoms with E-state index in [1.165, 1.54) is 0 Å². The molecule has 1 amide bonds. The number of amides is 1. The van der Waals surface area contributed by atoms with Gasteiger partial charge in [-0.1, -0.05) is 0 Å². The van der Waals surface area contributed by atoms with Crippen molar-refractivity contribution in [3.63, 3.8) is 0 Å². The Labute approximate surface area is 145 Å². The molecule has 7 nitrogen and oxygen atoms in total. The Bertz CT molecular complexity index is 897. The van der Waals surface area contributed by atoms with E-state index in [0.717, 1.165) is 35.7 Å². The molecule has 7 heteroatoms.